The molecule has 0 aromatic carbocycles. The van der Waals surface area contributed by atoms with Crippen LogP contribution in [0.4, 0.5) is 0 Å². The summed E-state index contributed by atoms with van der Waals surface area (Å²) in [7, 11) is 3.36. The van der Waals surface area contributed by atoms with E-state index in [9.17, 15) is 9.59 Å². The fraction of sp³-hybridized carbons (Fsp3) is 0.417. The summed E-state index contributed by atoms with van der Waals surface area (Å²) >= 11 is 0. The third-order valence-electron chi connectivity index (χ3n) is 2.42. The van der Waals surface area contributed by atoms with Gasteiger partial charge in [-0.2, -0.15) is 0 Å². The van der Waals surface area contributed by atoms with Crippen LogP contribution in [-0.4, -0.2) is 42.3 Å². The quantitative estimate of drug-likeness (QED) is 0.754. The van der Waals surface area contributed by atoms with Crippen molar-refractivity contribution in [2.75, 3.05) is 20.6 Å². The number of rotatable bonds is 5. The highest BCUT2D eigenvalue weighted by Gasteiger charge is 2.08. The van der Waals surface area contributed by atoms with E-state index in [0.29, 0.717) is 18.8 Å². The van der Waals surface area contributed by atoms with E-state index in [0.717, 1.165) is 5.56 Å². The van der Waals surface area contributed by atoms with Crippen LogP contribution in [0.3, 0.4) is 0 Å². The SMILES string of the molecule is CN(C)C(=O)CCNC(=O)c1ccc(CN)cn1. The van der Waals surface area contributed by atoms with Crippen molar-refractivity contribution in [2.24, 2.45) is 5.73 Å². The Morgan fingerprint density at radius 1 is 1.39 bits per heavy atom. The minimum Gasteiger partial charge on any atom is -0.350 e. The van der Waals surface area contributed by atoms with Gasteiger partial charge in [-0.1, -0.05) is 6.07 Å². The molecule has 6 heteroatoms. The number of nitrogens with one attached hydrogen (secondary N) is 1. The van der Waals surface area contributed by atoms with E-state index in [4.69, 9.17) is 5.73 Å². The van der Waals surface area contributed by atoms with Crippen molar-refractivity contribution in [1.29, 1.82) is 0 Å². The number of carbonyl (C=O) groups is 2. The molecule has 18 heavy (non-hydrogen) atoms. The predicted octanol–water partition coefficient (Wildman–Crippen LogP) is -0.252. The molecule has 3 N–H and O–H groups in total. The van der Waals surface area contributed by atoms with Crippen LogP contribution in [0.1, 0.15) is 22.5 Å². The molecule has 1 rings (SSSR count). The smallest absolute Gasteiger partial charge is 0.269 e. The van der Waals surface area contributed by atoms with E-state index in [1.807, 2.05) is 0 Å². The van der Waals surface area contributed by atoms with Crippen LogP contribution in [-0.2, 0) is 11.3 Å². The minimum absolute atomic E-state index is 0.0262. The zero-order chi connectivity index (χ0) is 13.5. The Labute approximate surface area is 106 Å². The lowest BCUT2D eigenvalue weighted by Gasteiger charge is -2.10. The number of pyridine rings is 1. The summed E-state index contributed by atoms with van der Waals surface area (Å²) in [6, 6.07) is 3.37. The van der Waals surface area contributed by atoms with Crippen LogP contribution in [0.15, 0.2) is 18.3 Å². The summed E-state index contributed by atoms with van der Waals surface area (Å²) in [4.78, 5) is 28.4. The monoisotopic (exact) mass is 250 g/mol. The number of amides is 2. The van der Waals surface area contributed by atoms with Crippen molar-refractivity contribution in [3.8, 4) is 0 Å². The van der Waals surface area contributed by atoms with E-state index >= 15 is 0 Å². The van der Waals surface area contributed by atoms with Gasteiger partial charge in [0.1, 0.15) is 5.69 Å². The van der Waals surface area contributed by atoms with Gasteiger partial charge in [-0.15, -0.1) is 0 Å². The van der Waals surface area contributed by atoms with Crippen LogP contribution in [0, 0.1) is 0 Å². The average Bonchev–Trinajstić information content (AvgIpc) is 2.38. The highest BCUT2D eigenvalue weighted by Crippen LogP contribution is 1.99. The molecule has 0 radical (unpaired) electrons. The van der Waals surface area contributed by atoms with E-state index in [2.05, 4.69) is 10.3 Å². The van der Waals surface area contributed by atoms with Gasteiger partial charge in [-0.3, -0.25) is 14.6 Å². The molecule has 2 amide bonds. The Morgan fingerprint density at radius 3 is 2.61 bits per heavy atom. The van der Waals surface area contributed by atoms with Crippen LogP contribution >= 0.6 is 0 Å². The minimum atomic E-state index is -0.287. The summed E-state index contributed by atoms with van der Waals surface area (Å²) in [5.41, 5.74) is 6.63. The van der Waals surface area contributed by atoms with Crippen molar-refractivity contribution in [2.45, 2.75) is 13.0 Å². The number of hydrogen-bond donors (Lipinski definition) is 2. The van der Waals surface area contributed by atoms with E-state index < -0.39 is 0 Å². The van der Waals surface area contributed by atoms with E-state index in [1.165, 1.54) is 4.90 Å². The van der Waals surface area contributed by atoms with Gasteiger partial charge in [0.25, 0.3) is 5.91 Å². The first-order chi connectivity index (χ1) is 8.54. The fourth-order valence-corrected chi connectivity index (χ4v) is 1.28. The molecule has 6 nitrogen and oxygen atoms in total. The molecule has 0 atom stereocenters. The predicted molar refractivity (Wildman–Crippen MR) is 67.8 cm³/mol. The summed E-state index contributed by atoms with van der Waals surface area (Å²) in [6.07, 6.45) is 1.85. The molecule has 0 saturated carbocycles. The Kier molecular flexibility index (Phi) is 5.26. The highest BCUT2D eigenvalue weighted by atomic mass is 16.2. The van der Waals surface area contributed by atoms with Crippen molar-refractivity contribution < 1.29 is 9.59 Å². The summed E-state index contributed by atoms with van der Waals surface area (Å²) in [5.74, 6) is -0.313. The van der Waals surface area contributed by atoms with Crippen LogP contribution in [0.2, 0.25) is 0 Å². The van der Waals surface area contributed by atoms with Gasteiger partial charge in [0.15, 0.2) is 0 Å². The third kappa shape index (κ3) is 4.14. The largest absolute Gasteiger partial charge is 0.350 e. The van der Waals surface area contributed by atoms with Gasteiger partial charge in [-0.25, -0.2) is 0 Å². The maximum absolute atomic E-state index is 11.7. The second kappa shape index (κ2) is 6.70. The summed E-state index contributed by atoms with van der Waals surface area (Å²) in [6.45, 7) is 0.697. The zero-order valence-corrected chi connectivity index (χ0v) is 10.6. The number of hydrogen-bond acceptors (Lipinski definition) is 4. The van der Waals surface area contributed by atoms with Crippen LogP contribution < -0.4 is 11.1 Å². The maximum Gasteiger partial charge on any atom is 0.269 e. The summed E-state index contributed by atoms with van der Waals surface area (Å²) in [5, 5.41) is 2.64. The lowest BCUT2D eigenvalue weighted by molar-refractivity contribution is -0.128. The topological polar surface area (TPSA) is 88.3 Å². The number of aromatic nitrogens is 1. The standard InChI is InChI=1S/C12H18N4O2/c1-16(2)11(17)5-6-14-12(18)10-4-3-9(7-13)8-15-10/h3-4,8H,5-7,13H2,1-2H3,(H,14,18). The van der Waals surface area contributed by atoms with Crippen molar-refractivity contribution in [1.82, 2.24) is 15.2 Å². The van der Waals surface area contributed by atoms with Gasteiger partial charge >= 0.3 is 0 Å². The molecule has 0 aliphatic heterocycles. The Morgan fingerprint density at radius 2 is 2.11 bits per heavy atom. The Hall–Kier alpha value is -1.95. The van der Waals surface area contributed by atoms with Crippen LogP contribution in [0.5, 0.6) is 0 Å². The van der Waals surface area contributed by atoms with Crippen molar-refractivity contribution in [3.63, 3.8) is 0 Å². The lowest BCUT2D eigenvalue weighted by atomic mass is 10.2. The van der Waals surface area contributed by atoms with Gasteiger partial charge in [0.05, 0.1) is 0 Å². The molecule has 1 heterocycles. The first-order valence-corrected chi connectivity index (χ1v) is 5.68. The molecule has 1 aromatic rings. The van der Waals surface area contributed by atoms with Gasteiger partial charge in [-0.05, 0) is 11.6 Å². The molecular formula is C12H18N4O2. The molecule has 0 aliphatic carbocycles. The molecule has 0 saturated heterocycles. The third-order valence-corrected chi connectivity index (χ3v) is 2.42. The van der Waals surface area contributed by atoms with E-state index in [1.54, 1.807) is 32.4 Å². The molecule has 0 spiro atoms. The molecule has 0 bridgehead atoms. The molecule has 1 aromatic heterocycles. The van der Waals surface area contributed by atoms with Crippen molar-refractivity contribution in [3.05, 3.63) is 29.6 Å². The molecule has 0 fully saturated rings. The normalized spacial score (nSPS) is 9.94. The fourth-order valence-electron chi connectivity index (χ4n) is 1.28. The lowest BCUT2D eigenvalue weighted by Crippen LogP contribution is -2.30. The van der Waals surface area contributed by atoms with Crippen molar-refractivity contribution >= 4 is 11.8 Å². The van der Waals surface area contributed by atoms with Crippen LogP contribution in [0.25, 0.3) is 0 Å². The number of carbonyl (C=O) groups excluding carboxylic acids is 2. The molecule has 0 aliphatic rings. The number of nitrogens with zero attached hydrogens (tertiary/aromatic N) is 2. The highest BCUT2D eigenvalue weighted by molar-refractivity contribution is 5.92. The molecule has 98 valence electrons. The number of nitrogens with two attached hydrogens (primary N) is 1. The Balaban J connectivity index is 2.43. The van der Waals surface area contributed by atoms with E-state index in [-0.39, 0.29) is 18.2 Å². The first kappa shape index (κ1) is 14.1. The van der Waals surface area contributed by atoms with Gasteiger partial charge in [0.2, 0.25) is 5.91 Å². The summed E-state index contributed by atoms with van der Waals surface area (Å²) < 4.78 is 0. The average molecular weight is 250 g/mol. The Bertz CT molecular complexity index is 415. The molecular weight excluding hydrogens is 232 g/mol. The molecule has 0 unspecified atom stereocenters. The van der Waals surface area contributed by atoms with Gasteiger partial charge < -0.3 is 16.0 Å². The first-order valence-electron chi connectivity index (χ1n) is 5.68. The zero-order valence-electron chi connectivity index (χ0n) is 10.6. The second-order valence-corrected chi connectivity index (χ2v) is 4.05. The second-order valence-electron chi connectivity index (χ2n) is 4.05. The maximum atomic E-state index is 11.7. The van der Waals surface area contributed by atoms with Gasteiger partial charge in [0, 0.05) is 39.8 Å².